The van der Waals surface area contributed by atoms with E-state index in [0.717, 1.165) is 23.5 Å². The van der Waals surface area contributed by atoms with Gasteiger partial charge in [0.2, 0.25) is 0 Å². The SMILES string of the molecule is C=CC(=O)CCC(C)c1cc(OC)cc(OC)c1. The number of rotatable bonds is 7. The van der Waals surface area contributed by atoms with E-state index in [1.165, 1.54) is 6.08 Å². The van der Waals surface area contributed by atoms with Crippen molar-refractivity contribution in [3.05, 3.63) is 36.4 Å². The lowest BCUT2D eigenvalue weighted by atomic mass is 9.95. The molecule has 0 aliphatic carbocycles. The maximum Gasteiger partial charge on any atom is 0.155 e. The smallest absolute Gasteiger partial charge is 0.155 e. The van der Waals surface area contributed by atoms with Crippen LogP contribution in [0.25, 0.3) is 0 Å². The molecule has 0 radical (unpaired) electrons. The summed E-state index contributed by atoms with van der Waals surface area (Å²) in [7, 11) is 3.26. The molecule has 3 heteroatoms. The van der Waals surface area contributed by atoms with Crippen molar-refractivity contribution in [3.8, 4) is 11.5 Å². The van der Waals surface area contributed by atoms with Gasteiger partial charge >= 0.3 is 0 Å². The molecule has 0 aromatic heterocycles. The lowest BCUT2D eigenvalue weighted by Gasteiger charge is -2.14. The van der Waals surface area contributed by atoms with Crippen molar-refractivity contribution in [2.45, 2.75) is 25.7 Å². The third-order valence-electron chi connectivity index (χ3n) is 2.99. The van der Waals surface area contributed by atoms with Crippen LogP contribution in [0.1, 0.15) is 31.2 Å². The zero-order valence-corrected chi connectivity index (χ0v) is 11.2. The normalized spacial score (nSPS) is 11.7. The van der Waals surface area contributed by atoms with Gasteiger partial charge in [0, 0.05) is 12.5 Å². The topological polar surface area (TPSA) is 35.5 Å². The maximum atomic E-state index is 11.2. The Morgan fingerprint density at radius 1 is 1.28 bits per heavy atom. The molecule has 0 fully saturated rings. The first-order valence-electron chi connectivity index (χ1n) is 5.99. The van der Waals surface area contributed by atoms with Crippen LogP contribution in [0.5, 0.6) is 11.5 Å². The number of benzene rings is 1. The van der Waals surface area contributed by atoms with Crippen molar-refractivity contribution in [1.82, 2.24) is 0 Å². The molecule has 1 unspecified atom stereocenters. The van der Waals surface area contributed by atoms with Crippen LogP contribution in [-0.2, 0) is 4.79 Å². The fourth-order valence-electron chi connectivity index (χ4n) is 1.74. The fourth-order valence-corrected chi connectivity index (χ4v) is 1.74. The number of methoxy groups -OCH3 is 2. The second kappa shape index (κ2) is 6.84. The number of allylic oxidation sites excluding steroid dienone is 1. The van der Waals surface area contributed by atoms with Crippen molar-refractivity contribution in [2.75, 3.05) is 14.2 Å². The standard InChI is InChI=1S/C15H20O3/c1-5-13(16)7-6-11(2)12-8-14(17-3)10-15(9-12)18-4/h5,8-11H,1,6-7H2,2-4H3. The zero-order valence-electron chi connectivity index (χ0n) is 11.2. The second-order valence-corrected chi connectivity index (χ2v) is 4.26. The first-order valence-corrected chi connectivity index (χ1v) is 5.99. The van der Waals surface area contributed by atoms with Gasteiger partial charge in [-0.2, -0.15) is 0 Å². The summed E-state index contributed by atoms with van der Waals surface area (Å²) in [4.78, 5) is 11.2. The van der Waals surface area contributed by atoms with Gasteiger partial charge in [-0.3, -0.25) is 4.79 Å². The lowest BCUT2D eigenvalue weighted by molar-refractivity contribution is -0.114. The Morgan fingerprint density at radius 2 is 1.83 bits per heavy atom. The number of carbonyl (C=O) groups excluding carboxylic acids is 1. The molecule has 0 amide bonds. The highest BCUT2D eigenvalue weighted by Crippen LogP contribution is 2.29. The van der Waals surface area contributed by atoms with Gasteiger partial charge in [0.05, 0.1) is 14.2 Å². The van der Waals surface area contributed by atoms with Gasteiger partial charge in [0.25, 0.3) is 0 Å². The van der Waals surface area contributed by atoms with E-state index in [2.05, 4.69) is 13.5 Å². The molecule has 0 N–H and O–H groups in total. The van der Waals surface area contributed by atoms with Crippen LogP contribution in [0, 0.1) is 0 Å². The van der Waals surface area contributed by atoms with Gasteiger partial charge in [-0.1, -0.05) is 13.5 Å². The molecule has 18 heavy (non-hydrogen) atoms. The number of hydrogen-bond donors (Lipinski definition) is 0. The molecule has 1 aromatic carbocycles. The van der Waals surface area contributed by atoms with Gasteiger partial charge in [0.15, 0.2) is 5.78 Å². The number of ether oxygens (including phenoxy) is 2. The average molecular weight is 248 g/mol. The second-order valence-electron chi connectivity index (χ2n) is 4.26. The molecule has 0 saturated heterocycles. The van der Waals surface area contributed by atoms with Crippen LogP contribution >= 0.6 is 0 Å². The van der Waals surface area contributed by atoms with E-state index in [9.17, 15) is 4.79 Å². The molecule has 0 aliphatic heterocycles. The molecule has 0 spiro atoms. The van der Waals surface area contributed by atoms with Crippen molar-refractivity contribution < 1.29 is 14.3 Å². The zero-order chi connectivity index (χ0) is 13.5. The summed E-state index contributed by atoms with van der Waals surface area (Å²) in [5, 5.41) is 0. The molecular formula is C15H20O3. The molecular weight excluding hydrogens is 228 g/mol. The summed E-state index contributed by atoms with van der Waals surface area (Å²) in [6.07, 6.45) is 2.68. The maximum absolute atomic E-state index is 11.2. The minimum atomic E-state index is 0.0803. The quantitative estimate of drug-likeness (QED) is 0.694. The van der Waals surface area contributed by atoms with E-state index >= 15 is 0 Å². The van der Waals surface area contributed by atoms with Crippen LogP contribution < -0.4 is 9.47 Å². The number of carbonyl (C=O) groups is 1. The summed E-state index contributed by atoms with van der Waals surface area (Å²) in [6, 6.07) is 5.79. The highest BCUT2D eigenvalue weighted by Gasteiger charge is 2.10. The predicted molar refractivity (Wildman–Crippen MR) is 72.4 cm³/mol. The average Bonchev–Trinajstić information content (AvgIpc) is 2.43. The fraction of sp³-hybridized carbons (Fsp3) is 0.400. The van der Waals surface area contributed by atoms with E-state index in [1.54, 1.807) is 14.2 Å². The molecule has 0 bridgehead atoms. The van der Waals surface area contributed by atoms with Crippen molar-refractivity contribution in [3.63, 3.8) is 0 Å². The third kappa shape index (κ3) is 3.91. The predicted octanol–water partition coefficient (Wildman–Crippen LogP) is 3.34. The lowest BCUT2D eigenvalue weighted by Crippen LogP contribution is -2.00. The monoisotopic (exact) mass is 248 g/mol. The van der Waals surface area contributed by atoms with E-state index < -0.39 is 0 Å². The Balaban J connectivity index is 2.80. The molecule has 0 saturated carbocycles. The summed E-state index contributed by atoms with van der Waals surface area (Å²) in [6.45, 7) is 5.56. The van der Waals surface area contributed by atoms with Gasteiger partial charge < -0.3 is 9.47 Å². The molecule has 0 aliphatic rings. The van der Waals surface area contributed by atoms with Crippen LogP contribution in [0.4, 0.5) is 0 Å². The summed E-state index contributed by atoms with van der Waals surface area (Å²) >= 11 is 0. The van der Waals surface area contributed by atoms with Gasteiger partial charge in [-0.15, -0.1) is 0 Å². The molecule has 1 atom stereocenters. The highest BCUT2D eigenvalue weighted by molar-refractivity contribution is 5.88. The number of ketones is 1. The molecule has 1 rings (SSSR count). The van der Waals surface area contributed by atoms with Gasteiger partial charge in [0.1, 0.15) is 11.5 Å². The van der Waals surface area contributed by atoms with Crippen LogP contribution in [0.15, 0.2) is 30.9 Å². The Labute approximate surface area is 108 Å². The summed E-state index contributed by atoms with van der Waals surface area (Å²) in [5.74, 6) is 1.90. The largest absolute Gasteiger partial charge is 0.497 e. The van der Waals surface area contributed by atoms with Crippen molar-refractivity contribution >= 4 is 5.78 Å². The number of hydrogen-bond acceptors (Lipinski definition) is 3. The Hall–Kier alpha value is -1.77. The molecule has 0 heterocycles. The van der Waals surface area contributed by atoms with Crippen molar-refractivity contribution in [1.29, 1.82) is 0 Å². The van der Waals surface area contributed by atoms with Crippen LogP contribution in [0.2, 0.25) is 0 Å². The molecule has 98 valence electrons. The van der Waals surface area contributed by atoms with Gasteiger partial charge in [-0.25, -0.2) is 0 Å². The first kappa shape index (κ1) is 14.3. The van der Waals surface area contributed by atoms with Gasteiger partial charge in [-0.05, 0) is 36.1 Å². The first-order chi connectivity index (χ1) is 8.60. The molecule has 1 aromatic rings. The minimum Gasteiger partial charge on any atom is -0.497 e. The Bertz CT molecular complexity index is 401. The third-order valence-corrected chi connectivity index (χ3v) is 2.99. The van der Waals surface area contributed by atoms with Crippen LogP contribution in [-0.4, -0.2) is 20.0 Å². The van der Waals surface area contributed by atoms with E-state index in [0.29, 0.717) is 6.42 Å². The summed E-state index contributed by atoms with van der Waals surface area (Å²) in [5.41, 5.74) is 1.11. The minimum absolute atomic E-state index is 0.0803. The van der Waals surface area contributed by atoms with E-state index in [-0.39, 0.29) is 11.7 Å². The highest BCUT2D eigenvalue weighted by atomic mass is 16.5. The summed E-state index contributed by atoms with van der Waals surface area (Å²) < 4.78 is 10.5. The van der Waals surface area contributed by atoms with Crippen LogP contribution in [0.3, 0.4) is 0 Å². The van der Waals surface area contributed by atoms with Crippen molar-refractivity contribution in [2.24, 2.45) is 0 Å². The van der Waals surface area contributed by atoms with E-state index in [1.807, 2.05) is 18.2 Å². The van der Waals surface area contributed by atoms with E-state index in [4.69, 9.17) is 9.47 Å². The Morgan fingerprint density at radius 3 is 2.28 bits per heavy atom. The Kier molecular flexibility index (Phi) is 5.43. The molecule has 3 nitrogen and oxygen atoms in total.